The molecule has 146 valence electrons. The Labute approximate surface area is 162 Å². The Hall–Kier alpha value is -3.68. The van der Waals surface area contributed by atoms with Crippen molar-refractivity contribution >= 4 is 33.4 Å². The van der Waals surface area contributed by atoms with Crippen LogP contribution in [0.25, 0.3) is 21.8 Å². The lowest BCUT2D eigenvalue weighted by atomic mass is 10.1. The Kier molecular flexibility index (Phi) is 4.54. The molecule has 0 spiro atoms. The van der Waals surface area contributed by atoms with Gasteiger partial charge in [0.1, 0.15) is 6.54 Å². The number of nitrogens with zero attached hydrogens (tertiary/aromatic N) is 2. The maximum absolute atomic E-state index is 13.0. The number of pyridine rings is 2. The van der Waals surface area contributed by atoms with Gasteiger partial charge in [-0.3, -0.25) is 14.6 Å². The fraction of sp³-hybridized carbons (Fsp3) is 0.0952. The molecule has 0 saturated carbocycles. The number of amides is 1. The Morgan fingerprint density at radius 1 is 1.03 bits per heavy atom. The summed E-state index contributed by atoms with van der Waals surface area (Å²) in [5.41, 5.74) is 0.187. The topological polar surface area (TPSA) is 64.0 Å². The van der Waals surface area contributed by atoms with Gasteiger partial charge >= 0.3 is 6.18 Å². The van der Waals surface area contributed by atoms with Gasteiger partial charge in [0.05, 0.1) is 22.3 Å². The van der Waals surface area contributed by atoms with Crippen LogP contribution < -0.4 is 10.7 Å². The molecular formula is C21H14F3N3O2. The minimum absolute atomic E-state index is 0.108. The highest BCUT2D eigenvalue weighted by atomic mass is 19.4. The zero-order valence-electron chi connectivity index (χ0n) is 14.9. The van der Waals surface area contributed by atoms with Gasteiger partial charge in [0.15, 0.2) is 5.43 Å². The van der Waals surface area contributed by atoms with E-state index in [-0.39, 0.29) is 23.0 Å². The summed E-state index contributed by atoms with van der Waals surface area (Å²) in [4.78, 5) is 28.6. The van der Waals surface area contributed by atoms with Crippen LogP contribution in [0.15, 0.2) is 71.8 Å². The lowest BCUT2D eigenvalue weighted by molar-refractivity contribution is -0.137. The van der Waals surface area contributed by atoms with Crippen LogP contribution in [0.4, 0.5) is 18.9 Å². The quantitative estimate of drug-likeness (QED) is 0.563. The second-order valence-electron chi connectivity index (χ2n) is 6.46. The average molecular weight is 397 g/mol. The third-order valence-corrected chi connectivity index (χ3v) is 4.54. The fourth-order valence-corrected chi connectivity index (χ4v) is 3.17. The van der Waals surface area contributed by atoms with Crippen molar-refractivity contribution in [2.45, 2.75) is 12.7 Å². The van der Waals surface area contributed by atoms with E-state index in [4.69, 9.17) is 0 Å². The Bertz CT molecular complexity index is 1300. The van der Waals surface area contributed by atoms with E-state index in [1.165, 1.54) is 30.6 Å². The summed E-state index contributed by atoms with van der Waals surface area (Å²) < 4.78 is 40.7. The largest absolute Gasteiger partial charge is 0.416 e. The standard InChI is InChI=1S/C21H14F3N3O2/c22-21(23,24)13-5-6-16-15(11-13)17(7-9-25-16)26-20(29)12-27-10-8-19(28)14-3-1-2-4-18(14)27/h1-11H,12H2,(H,25,26,29). The van der Waals surface area contributed by atoms with Crippen molar-refractivity contribution in [3.05, 3.63) is 82.8 Å². The number of alkyl halides is 3. The molecule has 5 nitrogen and oxygen atoms in total. The van der Waals surface area contributed by atoms with Crippen LogP contribution in [0.1, 0.15) is 5.56 Å². The van der Waals surface area contributed by atoms with Crippen molar-refractivity contribution in [3.8, 4) is 0 Å². The SMILES string of the molecule is O=C(Cn1ccc(=O)c2ccccc21)Nc1ccnc2ccc(C(F)(F)F)cc12. The van der Waals surface area contributed by atoms with E-state index in [9.17, 15) is 22.8 Å². The molecule has 4 rings (SSSR count). The van der Waals surface area contributed by atoms with Crippen LogP contribution in [0, 0.1) is 0 Å². The molecule has 0 fully saturated rings. The lowest BCUT2D eigenvalue weighted by Gasteiger charge is -2.13. The van der Waals surface area contributed by atoms with Gasteiger partial charge in [-0.1, -0.05) is 12.1 Å². The maximum Gasteiger partial charge on any atom is 0.416 e. The number of nitrogens with one attached hydrogen (secondary N) is 1. The normalized spacial score (nSPS) is 11.7. The molecule has 0 unspecified atom stereocenters. The van der Waals surface area contributed by atoms with Gasteiger partial charge in [0.25, 0.3) is 0 Å². The van der Waals surface area contributed by atoms with Crippen LogP contribution in [0.5, 0.6) is 0 Å². The summed E-state index contributed by atoms with van der Waals surface area (Å²) in [5.74, 6) is -0.441. The minimum atomic E-state index is -4.50. The Balaban J connectivity index is 1.66. The number of fused-ring (bicyclic) bond motifs is 2. The van der Waals surface area contributed by atoms with Crippen molar-refractivity contribution in [3.63, 3.8) is 0 Å². The maximum atomic E-state index is 13.0. The van der Waals surface area contributed by atoms with Gasteiger partial charge < -0.3 is 9.88 Å². The van der Waals surface area contributed by atoms with Crippen LogP contribution >= 0.6 is 0 Å². The number of carbonyl (C=O) groups excluding carboxylic acids is 1. The van der Waals surface area contributed by atoms with Gasteiger partial charge in [-0.2, -0.15) is 13.2 Å². The van der Waals surface area contributed by atoms with Crippen molar-refractivity contribution in [1.82, 2.24) is 9.55 Å². The first-order chi connectivity index (χ1) is 13.8. The summed E-state index contributed by atoms with van der Waals surface area (Å²) >= 11 is 0. The fourth-order valence-electron chi connectivity index (χ4n) is 3.17. The molecule has 2 aromatic carbocycles. The van der Waals surface area contributed by atoms with E-state index in [0.29, 0.717) is 16.4 Å². The molecule has 2 aromatic heterocycles. The zero-order valence-corrected chi connectivity index (χ0v) is 14.9. The molecule has 0 aliphatic rings. The summed E-state index contributed by atoms with van der Waals surface area (Å²) in [6, 6.07) is 12.9. The van der Waals surface area contributed by atoms with E-state index < -0.39 is 17.6 Å². The summed E-state index contributed by atoms with van der Waals surface area (Å²) in [7, 11) is 0. The van der Waals surface area contributed by atoms with E-state index in [2.05, 4.69) is 10.3 Å². The zero-order chi connectivity index (χ0) is 20.6. The predicted octanol–water partition coefficient (Wildman–Crippen LogP) is 4.21. The molecule has 8 heteroatoms. The van der Waals surface area contributed by atoms with E-state index in [0.717, 1.165) is 12.1 Å². The van der Waals surface area contributed by atoms with Gasteiger partial charge in [-0.05, 0) is 36.4 Å². The van der Waals surface area contributed by atoms with E-state index in [1.807, 2.05) is 0 Å². The molecule has 0 saturated heterocycles. The van der Waals surface area contributed by atoms with Crippen molar-refractivity contribution in [1.29, 1.82) is 0 Å². The van der Waals surface area contributed by atoms with Crippen molar-refractivity contribution < 1.29 is 18.0 Å². The van der Waals surface area contributed by atoms with Gasteiger partial charge in [0.2, 0.25) is 5.91 Å². The second kappa shape index (κ2) is 7.05. The highest BCUT2D eigenvalue weighted by Crippen LogP contribution is 2.33. The third-order valence-electron chi connectivity index (χ3n) is 4.54. The number of carbonyl (C=O) groups is 1. The number of anilines is 1. The smallest absolute Gasteiger partial charge is 0.338 e. The molecule has 29 heavy (non-hydrogen) atoms. The highest BCUT2D eigenvalue weighted by molar-refractivity contribution is 6.01. The first-order valence-electron chi connectivity index (χ1n) is 8.67. The Morgan fingerprint density at radius 2 is 1.83 bits per heavy atom. The molecule has 0 radical (unpaired) electrons. The van der Waals surface area contributed by atoms with Crippen LogP contribution in [-0.4, -0.2) is 15.5 Å². The highest BCUT2D eigenvalue weighted by Gasteiger charge is 2.30. The number of benzene rings is 2. The molecule has 1 N–H and O–H groups in total. The van der Waals surface area contributed by atoms with Gasteiger partial charge in [0, 0.05) is 29.2 Å². The molecule has 1 amide bonds. The van der Waals surface area contributed by atoms with Crippen molar-refractivity contribution in [2.75, 3.05) is 5.32 Å². The molecule has 0 aliphatic carbocycles. The van der Waals surface area contributed by atoms with E-state index >= 15 is 0 Å². The number of aromatic nitrogens is 2. The van der Waals surface area contributed by atoms with Gasteiger partial charge in [-0.15, -0.1) is 0 Å². The molecule has 0 atom stereocenters. The monoisotopic (exact) mass is 397 g/mol. The lowest BCUT2D eigenvalue weighted by Crippen LogP contribution is -2.20. The van der Waals surface area contributed by atoms with Crippen LogP contribution in [0.3, 0.4) is 0 Å². The Morgan fingerprint density at radius 3 is 2.62 bits per heavy atom. The second-order valence-corrected chi connectivity index (χ2v) is 6.46. The number of rotatable bonds is 3. The van der Waals surface area contributed by atoms with Crippen molar-refractivity contribution in [2.24, 2.45) is 0 Å². The average Bonchev–Trinajstić information content (AvgIpc) is 2.69. The van der Waals surface area contributed by atoms with E-state index in [1.54, 1.807) is 28.8 Å². The summed E-state index contributed by atoms with van der Waals surface area (Å²) in [6.45, 7) is -0.108. The molecule has 0 bridgehead atoms. The molecule has 0 aliphatic heterocycles. The first-order valence-corrected chi connectivity index (χ1v) is 8.67. The molecular weight excluding hydrogens is 383 g/mol. The number of halogens is 3. The molecule has 4 aromatic rings. The number of para-hydroxylation sites is 1. The summed E-state index contributed by atoms with van der Waals surface area (Å²) in [5, 5.41) is 3.32. The van der Waals surface area contributed by atoms with Crippen LogP contribution in [0.2, 0.25) is 0 Å². The number of hydrogen-bond donors (Lipinski definition) is 1. The minimum Gasteiger partial charge on any atom is -0.338 e. The third kappa shape index (κ3) is 3.69. The summed E-state index contributed by atoms with van der Waals surface area (Å²) in [6.07, 6.45) is -1.57. The van der Waals surface area contributed by atoms with Gasteiger partial charge in [-0.25, -0.2) is 0 Å². The number of hydrogen-bond acceptors (Lipinski definition) is 3. The molecule has 2 heterocycles. The first kappa shape index (κ1) is 18.7. The predicted molar refractivity (Wildman–Crippen MR) is 104 cm³/mol. The van der Waals surface area contributed by atoms with Crippen LogP contribution in [-0.2, 0) is 17.5 Å².